The molecule has 4 unspecified atom stereocenters. The van der Waals surface area contributed by atoms with E-state index in [0.29, 0.717) is 0 Å². The molecule has 112 valence electrons. The van der Waals surface area contributed by atoms with Gasteiger partial charge in [-0.3, -0.25) is 9.59 Å². The molecule has 0 aliphatic carbocycles. The van der Waals surface area contributed by atoms with Crippen molar-refractivity contribution < 1.29 is 43.9 Å². The maximum atomic E-state index is 11.8. The Hall–Kier alpha value is -1.71. The van der Waals surface area contributed by atoms with Crippen LogP contribution in [0.3, 0.4) is 0 Å². The number of carbonyl (C=O) groups excluding carboxylic acids is 3. The average molecular weight is 290 g/mol. The Bertz CT molecular complexity index is 461. The number of fused-ring (bicyclic) bond motifs is 3. The molecule has 2 rings (SSSR count). The number of ether oxygens (including phenoxy) is 3. The van der Waals surface area contributed by atoms with Gasteiger partial charge in [0.15, 0.2) is 5.60 Å². The van der Waals surface area contributed by atoms with E-state index >= 15 is 0 Å². The van der Waals surface area contributed by atoms with E-state index in [-0.39, 0.29) is 6.42 Å². The van der Waals surface area contributed by atoms with E-state index in [2.05, 4.69) is 9.47 Å². The molecule has 2 saturated heterocycles. The number of hydrogen-bond donors (Lipinski definition) is 3. The summed E-state index contributed by atoms with van der Waals surface area (Å²) in [5.74, 6) is -6.59. The van der Waals surface area contributed by atoms with E-state index in [1.165, 1.54) is 6.92 Å². The largest absolute Gasteiger partial charge is 0.448 e. The number of cyclic esters (lactones) is 1. The summed E-state index contributed by atoms with van der Waals surface area (Å²) in [5, 5.41) is 29.8. The molecule has 20 heavy (non-hydrogen) atoms. The van der Waals surface area contributed by atoms with E-state index < -0.39 is 54.5 Å². The third kappa shape index (κ3) is 2.35. The van der Waals surface area contributed by atoms with E-state index in [0.717, 1.165) is 0 Å². The summed E-state index contributed by atoms with van der Waals surface area (Å²) in [6, 6.07) is 0. The van der Waals surface area contributed by atoms with Crippen LogP contribution in [0.4, 0.5) is 0 Å². The summed E-state index contributed by atoms with van der Waals surface area (Å²) in [7, 11) is 0. The van der Waals surface area contributed by atoms with Gasteiger partial charge in [-0.25, -0.2) is 4.79 Å². The topological polar surface area (TPSA) is 140 Å². The molecule has 0 aromatic carbocycles. The van der Waals surface area contributed by atoms with Gasteiger partial charge in [0.25, 0.3) is 0 Å². The minimum Gasteiger partial charge on any atom is -0.448 e. The molecule has 0 saturated carbocycles. The lowest BCUT2D eigenvalue weighted by Crippen LogP contribution is -2.58. The van der Waals surface area contributed by atoms with Crippen molar-refractivity contribution in [3.63, 3.8) is 0 Å². The van der Waals surface area contributed by atoms with Gasteiger partial charge in [0.1, 0.15) is 6.10 Å². The van der Waals surface area contributed by atoms with Gasteiger partial charge >= 0.3 is 23.9 Å². The van der Waals surface area contributed by atoms with Crippen LogP contribution in [0.2, 0.25) is 0 Å². The number of aliphatic hydroxyl groups is 3. The molecule has 0 aromatic heterocycles. The normalized spacial score (nSPS) is 39.0. The zero-order chi connectivity index (χ0) is 15.1. The fourth-order valence-electron chi connectivity index (χ4n) is 2.04. The van der Waals surface area contributed by atoms with Crippen molar-refractivity contribution in [3.05, 3.63) is 0 Å². The van der Waals surface area contributed by atoms with Crippen molar-refractivity contribution in [1.82, 2.24) is 0 Å². The molecule has 2 aliphatic rings. The van der Waals surface area contributed by atoms with Gasteiger partial charge in [-0.1, -0.05) is 6.92 Å². The molecular formula is C11H14O9. The first-order chi connectivity index (χ1) is 9.20. The Morgan fingerprint density at radius 1 is 1.20 bits per heavy atom. The molecule has 3 N–H and O–H groups in total. The van der Waals surface area contributed by atoms with Crippen LogP contribution in [0, 0.1) is 0 Å². The lowest BCUT2D eigenvalue weighted by molar-refractivity contribution is -0.372. The Labute approximate surface area is 113 Å². The second-order valence-corrected chi connectivity index (χ2v) is 4.77. The van der Waals surface area contributed by atoms with Crippen LogP contribution in [0.15, 0.2) is 0 Å². The van der Waals surface area contributed by atoms with Crippen LogP contribution >= 0.6 is 0 Å². The molecule has 2 aliphatic heterocycles. The predicted octanol–water partition coefficient (Wildman–Crippen LogP) is -2.06. The van der Waals surface area contributed by atoms with E-state index in [1.807, 2.05) is 0 Å². The molecule has 0 spiro atoms. The molecule has 2 bridgehead atoms. The minimum absolute atomic E-state index is 0.0274. The van der Waals surface area contributed by atoms with Crippen molar-refractivity contribution in [2.24, 2.45) is 0 Å². The van der Waals surface area contributed by atoms with Crippen LogP contribution < -0.4 is 0 Å². The summed E-state index contributed by atoms with van der Waals surface area (Å²) >= 11 is 0. The SMILES string of the molecule is CCC(O)C1OC(=O)CC2(O)CC(=O)OC1(O)OC2=O. The zero-order valence-corrected chi connectivity index (χ0v) is 10.6. The van der Waals surface area contributed by atoms with Crippen molar-refractivity contribution >= 4 is 17.9 Å². The fourth-order valence-corrected chi connectivity index (χ4v) is 2.04. The summed E-state index contributed by atoms with van der Waals surface area (Å²) < 4.78 is 13.9. The molecule has 2 fully saturated rings. The Balaban J connectivity index is 2.48. The quantitative estimate of drug-likeness (QED) is 0.489. The predicted molar refractivity (Wildman–Crippen MR) is 57.5 cm³/mol. The van der Waals surface area contributed by atoms with Crippen molar-refractivity contribution in [2.45, 2.75) is 50.0 Å². The van der Waals surface area contributed by atoms with Gasteiger partial charge in [0, 0.05) is 0 Å². The molecule has 0 amide bonds. The lowest BCUT2D eigenvalue weighted by Gasteiger charge is -2.36. The Morgan fingerprint density at radius 3 is 2.40 bits per heavy atom. The monoisotopic (exact) mass is 290 g/mol. The van der Waals surface area contributed by atoms with Crippen LogP contribution in [0.25, 0.3) is 0 Å². The van der Waals surface area contributed by atoms with E-state index in [9.17, 15) is 29.7 Å². The van der Waals surface area contributed by atoms with Crippen molar-refractivity contribution in [1.29, 1.82) is 0 Å². The third-order valence-corrected chi connectivity index (χ3v) is 3.14. The van der Waals surface area contributed by atoms with E-state index in [1.54, 1.807) is 0 Å². The molecule has 4 atom stereocenters. The number of carbonyl (C=O) groups is 3. The summed E-state index contributed by atoms with van der Waals surface area (Å²) in [4.78, 5) is 34.9. The number of hydrogen-bond acceptors (Lipinski definition) is 9. The first kappa shape index (κ1) is 14.7. The third-order valence-electron chi connectivity index (χ3n) is 3.14. The first-order valence-electron chi connectivity index (χ1n) is 5.98. The highest BCUT2D eigenvalue weighted by atomic mass is 16.9. The standard InChI is InChI=1S/C11H14O9/c1-2-5(12)8-11(17)19-7(14)4-10(16,9(15)20-11)3-6(13)18-8/h5,8,12,16-17H,2-4H2,1H3. The van der Waals surface area contributed by atoms with Gasteiger partial charge < -0.3 is 29.5 Å². The van der Waals surface area contributed by atoms with Gasteiger partial charge in [-0.2, -0.15) is 0 Å². The molecule has 2 heterocycles. The summed E-state index contributed by atoms with van der Waals surface area (Å²) in [6.07, 6.45) is -4.91. The van der Waals surface area contributed by atoms with E-state index in [4.69, 9.17) is 4.74 Å². The maximum Gasteiger partial charge on any atom is 0.415 e. The highest BCUT2D eigenvalue weighted by molar-refractivity contribution is 5.91. The molecule has 0 aromatic rings. The van der Waals surface area contributed by atoms with Crippen molar-refractivity contribution in [3.8, 4) is 0 Å². The Kier molecular flexibility index (Phi) is 3.44. The second-order valence-electron chi connectivity index (χ2n) is 4.77. The molecule has 9 heteroatoms. The maximum absolute atomic E-state index is 11.8. The highest BCUT2D eigenvalue weighted by Crippen LogP contribution is 2.34. The minimum atomic E-state index is -2.97. The van der Waals surface area contributed by atoms with Crippen LogP contribution in [0.5, 0.6) is 0 Å². The summed E-state index contributed by atoms with van der Waals surface area (Å²) in [5.41, 5.74) is -2.46. The lowest BCUT2D eigenvalue weighted by atomic mass is 9.95. The van der Waals surface area contributed by atoms with Gasteiger partial charge in [-0.05, 0) is 6.42 Å². The first-order valence-corrected chi connectivity index (χ1v) is 5.98. The fraction of sp³-hybridized carbons (Fsp3) is 0.727. The average Bonchev–Trinajstić information content (AvgIpc) is 2.37. The van der Waals surface area contributed by atoms with Crippen molar-refractivity contribution in [2.75, 3.05) is 0 Å². The molecule has 0 radical (unpaired) electrons. The Morgan fingerprint density at radius 2 is 1.80 bits per heavy atom. The van der Waals surface area contributed by atoms with Gasteiger partial charge in [-0.15, -0.1) is 0 Å². The molecule has 9 nitrogen and oxygen atoms in total. The van der Waals surface area contributed by atoms with Crippen LogP contribution in [0.1, 0.15) is 26.2 Å². The highest BCUT2D eigenvalue weighted by Gasteiger charge is 2.60. The number of aliphatic hydroxyl groups excluding tert-OH is 1. The van der Waals surface area contributed by atoms with Gasteiger partial charge in [0.05, 0.1) is 12.8 Å². The smallest absolute Gasteiger partial charge is 0.415 e. The number of esters is 3. The zero-order valence-electron chi connectivity index (χ0n) is 10.6. The van der Waals surface area contributed by atoms with Gasteiger partial charge in [0.2, 0.25) is 6.10 Å². The van der Waals surface area contributed by atoms with Crippen LogP contribution in [-0.4, -0.2) is 57.0 Å². The molecular weight excluding hydrogens is 276 g/mol. The van der Waals surface area contributed by atoms with Crippen LogP contribution in [-0.2, 0) is 28.6 Å². The second kappa shape index (κ2) is 4.69. The number of rotatable bonds is 2. The summed E-state index contributed by atoms with van der Waals surface area (Å²) in [6.45, 7) is 1.51.